The minimum atomic E-state index is -4.27. The number of ketones is 1. The maximum atomic E-state index is 13.2. The Balaban J connectivity index is 1.75. The third-order valence-electron chi connectivity index (χ3n) is 5.31. The van der Waals surface area contributed by atoms with E-state index >= 15 is 0 Å². The number of allylic oxidation sites excluding steroid dienone is 1. The molecule has 2 aromatic rings. The first-order valence-corrected chi connectivity index (χ1v) is 12.6. The number of carbonyl (C=O) groups excluding carboxylic acids is 1. The summed E-state index contributed by atoms with van der Waals surface area (Å²) >= 11 is 0. The molecule has 1 aliphatic heterocycles. The number of Topliss-reactive ketones (excluding diaryl/α,β-unsaturated/α-hetero) is 1. The van der Waals surface area contributed by atoms with Gasteiger partial charge in [-0.15, -0.1) is 0 Å². The molecule has 1 aliphatic carbocycles. The third-order valence-corrected chi connectivity index (χ3v) is 9.03. The number of nitrogens with zero attached hydrogens (tertiary/aromatic N) is 2. The summed E-state index contributed by atoms with van der Waals surface area (Å²) in [6.07, 6.45) is 3.52. The second-order valence-corrected chi connectivity index (χ2v) is 11.2. The molecule has 4 rings (SSSR count). The van der Waals surface area contributed by atoms with Crippen molar-refractivity contribution in [2.45, 2.75) is 31.6 Å². The zero-order chi connectivity index (χ0) is 21.5. The Kier molecular flexibility index (Phi) is 5.40. The fraction of sp³-hybridized carbons (Fsp3) is 0.273. The molecule has 1 heterocycles. The summed E-state index contributed by atoms with van der Waals surface area (Å²) in [5.74, 6) is 2.11. The van der Waals surface area contributed by atoms with Gasteiger partial charge in [0.1, 0.15) is 22.2 Å². The van der Waals surface area contributed by atoms with Crippen molar-refractivity contribution in [1.29, 1.82) is 0 Å². The molecule has 1 saturated heterocycles. The molecular formula is C22H21N2O4S2+. The molecule has 0 atom stereocenters. The highest BCUT2D eigenvalue weighted by Crippen LogP contribution is 2.35. The summed E-state index contributed by atoms with van der Waals surface area (Å²) in [6.45, 7) is 3.68. The lowest BCUT2D eigenvalue weighted by molar-refractivity contribution is -0.00437. The van der Waals surface area contributed by atoms with Gasteiger partial charge in [0.25, 0.3) is 5.78 Å². The molecule has 0 saturated carbocycles. The van der Waals surface area contributed by atoms with E-state index in [9.17, 15) is 18.7 Å². The van der Waals surface area contributed by atoms with Crippen molar-refractivity contribution in [3.05, 3.63) is 70.3 Å². The summed E-state index contributed by atoms with van der Waals surface area (Å²) < 4.78 is 32.0. The van der Waals surface area contributed by atoms with Gasteiger partial charge in [0.15, 0.2) is 4.90 Å². The van der Waals surface area contributed by atoms with Gasteiger partial charge in [0, 0.05) is 22.0 Å². The Morgan fingerprint density at radius 2 is 1.63 bits per heavy atom. The van der Waals surface area contributed by atoms with E-state index in [1.807, 2.05) is 26.0 Å². The molecule has 0 radical (unpaired) electrons. The van der Waals surface area contributed by atoms with Gasteiger partial charge in [-0.3, -0.25) is 4.79 Å². The van der Waals surface area contributed by atoms with Gasteiger partial charge in [-0.05, 0) is 49.9 Å². The van der Waals surface area contributed by atoms with Crippen LogP contribution in [-0.2, 0) is 21.0 Å². The SMILES string of the molecule is Cc1cc([S+]2CCCC2)cc(C)c1OS(=O)(=O)C1=CC(=[N+]=[N-])C(=O)c2ccccc21. The zero-order valence-corrected chi connectivity index (χ0v) is 18.3. The van der Waals surface area contributed by atoms with Crippen molar-refractivity contribution >= 4 is 37.4 Å². The van der Waals surface area contributed by atoms with Crippen LogP contribution in [0.5, 0.6) is 5.75 Å². The lowest BCUT2D eigenvalue weighted by atomic mass is 9.95. The number of fused-ring (bicyclic) bond motifs is 1. The van der Waals surface area contributed by atoms with E-state index in [-0.39, 0.29) is 32.6 Å². The first-order valence-electron chi connectivity index (χ1n) is 9.63. The molecule has 0 unspecified atom stereocenters. The Morgan fingerprint density at radius 1 is 1.03 bits per heavy atom. The molecule has 0 bridgehead atoms. The normalized spacial score (nSPS) is 16.8. The van der Waals surface area contributed by atoms with Crippen LogP contribution >= 0.6 is 0 Å². The van der Waals surface area contributed by atoms with Crippen LogP contribution in [0.2, 0.25) is 0 Å². The number of benzene rings is 2. The number of carbonyl (C=O) groups is 1. The predicted octanol–water partition coefficient (Wildman–Crippen LogP) is 3.69. The van der Waals surface area contributed by atoms with Gasteiger partial charge >= 0.3 is 15.8 Å². The number of hydrogen-bond acceptors (Lipinski definition) is 4. The second-order valence-electron chi connectivity index (χ2n) is 7.40. The van der Waals surface area contributed by atoms with E-state index < -0.39 is 15.9 Å². The van der Waals surface area contributed by atoms with Crippen LogP contribution in [0, 0.1) is 13.8 Å². The van der Waals surface area contributed by atoms with Gasteiger partial charge < -0.3 is 9.71 Å². The van der Waals surface area contributed by atoms with Crippen LogP contribution in [0.25, 0.3) is 10.4 Å². The molecular weight excluding hydrogens is 420 g/mol. The van der Waals surface area contributed by atoms with Crippen LogP contribution in [0.1, 0.15) is 39.9 Å². The van der Waals surface area contributed by atoms with Crippen molar-refractivity contribution in [3.63, 3.8) is 0 Å². The van der Waals surface area contributed by atoms with Crippen molar-refractivity contribution in [2.24, 2.45) is 0 Å². The van der Waals surface area contributed by atoms with Gasteiger partial charge in [-0.25, -0.2) is 0 Å². The van der Waals surface area contributed by atoms with Crippen molar-refractivity contribution in [3.8, 4) is 5.75 Å². The first-order chi connectivity index (χ1) is 14.3. The van der Waals surface area contributed by atoms with Crippen molar-refractivity contribution < 1.29 is 22.2 Å². The Morgan fingerprint density at radius 3 is 2.23 bits per heavy atom. The molecule has 1 fully saturated rings. The monoisotopic (exact) mass is 441 g/mol. The molecule has 2 aromatic carbocycles. The number of rotatable bonds is 4. The molecule has 2 aliphatic rings. The van der Waals surface area contributed by atoms with E-state index in [1.165, 1.54) is 41.4 Å². The quantitative estimate of drug-likeness (QED) is 0.313. The first kappa shape index (κ1) is 20.6. The van der Waals surface area contributed by atoms with Crippen LogP contribution in [0.3, 0.4) is 0 Å². The zero-order valence-electron chi connectivity index (χ0n) is 16.7. The molecule has 0 aromatic heterocycles. The topological polar surface area (TPSA) is 96.8 Å². The smallest absolute Gasteiger partial charge is 0.364 e. The number of aryl methyl sites for hydroxylation is 2. The summed E-state index contributed by atoms with van der Waals surface area (Å²) in [4.78, 5) is 16.4. The van der Waals surface area contributed by atoms with Crippen molar-refractivity contribution in [1.82, 2.24) is 0 Å². The Bertz CT molecular complexity index is 1210. The van der Waals surface area contributed by atoms with Crippen LogP contribution in [0.4, 0.5) is 0 Å². The average molecular weight is 442 g/mol. The van der Waals surface area contributed by atoms with Crippen LogP contribution in [-0.4, -0.2) is 36.2 Å². The van der Waals surface area contributed by atoms with Gasteiger partial charge in [-0.1, -0.05) is 24.3 Å². The summed E-state index contributed by atoms with van der Waals surface area (Å²) in [5, 5.41) is 0. The highest BCUT2D eigenvalue weighted by atomic mass is 32.2. The van der Waals surface area contributed by atoms with Gasteiger partial charge in [0.05, 0.1) is 6.08 Å². The lowest BCUT2D eigenvalue weighted by Gasteiger charge is -2.17. The lowest BCUT2D eigenvalue weighted by Crippen LogP contribution is -2.24. The van der Waals surface area contributed by atoms with Gasteiger partial charge in [0.2, 0.25) is 0 Å². The average Bonchev–Trinajstić information content (AvgIpc) is 3.26. The minimum Gasteiger partial charge on any atom is -0.378 e. The van der Waals surface area contributed by atoms with E-state index in [0.717, 1.165) is 17.2 Å². The standard InChI is InChI=1S/C22H21N2O4S2/c1-14-11-16(29-9-5-6-10-29)12-15(2)22(14)28-30(26,27)20-13-19(24-23)21(25)18-8-4-3-7-17(18)20/h3-4,7-8,11-13H,5-6,9-10H2,1-2H3/q+1. The fourth-order valence-electron chi connectivity index (χ4n) is 3.84. The van der Waals surface area contributed by atoms with Crippen LogP contribution < -0.4 is 4.18 Å². The summed E-state index contributed by atoms with van der Waals surface area (Å²) in [6, 6.07) is 10.3. The van der Waals surface area contributed by atoms with Crippen LogP contribution in [0.15, 0.2) is 47.4 Å². The maximum absolute atomic E-state index is 13.2. The van der Waals surface area contributed by atoms with E-state index in [0.29, 0.717) is 5.75 Å². The minimum absolute atomic E-state index is 0.154. The fourth-order valence-corrected chi connectivity index (χ4v) is 7.58. The molecule has 6 nitrogen and oxygen atoms in total. The highest BCUT2D eigenvalue weighted by molar-refractivity contribution is 7.97. The van der Waals surface area contributed by atoms with Crippen molar-refractivity contribution in [2.75, 3.05) is 11.5 Å². The molecule has 30 heavy (non-hydrogen) atoms. The Labute approximate surface area is 178 Å². The molecule has 0 amide bonds. The third kappa shape index (κ3) is 3.62. The highest BCUT2D eigenvalue weighted by Gasteiger charge is 2.37. The van der Waals surface area contributed by atoms with Gasteiger partial charge in [-0.2, -0.15) is 13.2 Å². The molecule has 154 valence electrons. The number of hydrogen-bond donors (Lipinski definition) is 0. The summed E-state index contributed by atoms with van der Waals surface area (Å²) in [5.41, 5.74) is 10.7. The van der Waals surface area contributed by atoms with E-state index in [4.69, 9.17) is 4.18 Å². The largest absolute Gasteiger partial charge is 0.378 e. The van der Waals surface area contributed by atoms with E-state index in [2.05, 4.69) is 4.79 Å². The molecule has 0 spiro atoms. The molecule has 8 heteroatoms. The Hall–Kier alpha value is -2.67. The maximum Gasteiger partial charge on any atom is 0.364 e. The predicted molar refractivity (Wildman–Crippen MR) is 117 cm³/mol. The van der Waals surface area contributed by atoms with E-state index in [1.54, 1.807) is 12.1 Å². The second kappa shape index (κ2) is 7.87. The molecule has 0 N–H and O–H groups in total. The summed E-state index contributed by atoms with van der Waals surface area (Å²) in [7, 11) is -4.06.